The Morgan fingerprint density at radius 1 is 1.07 bits per heavy atom. The summed E-state index contributed by atoms with van der Waals surface area (Å²) in [4.78, 5) is 0. The summed E-state index contributed by atoms with van der Waals surface area (Å²) in [5.74, 6) is 0. The molecule has 0 bridgehead atoms. The molecule has 2 aliphatic rings. The molecule has 0 amide bonds. The molecule has 0 aliphatic heterocycles. The fraction of sp³-hybridized carbons (Fsp3) is 0.429. The quantitative estimate of drug-likeness (QED) is 0.598. The average Bonchev–Trinajstić information content (AvgIpc) is 2.74. The minimum atomic E-state index is -1.26. The van der Waals surface area contributed by atoms with E-state index in [0.717, 1.165) is 5.54 Å². The first kappa shape index (κ1) is 10.7. The van der Waals surface area contributed by atoms with E-state index < -0.39 is 8.07 Å². The van der Waals surface area contributed by atoms with Gasteiger partial charge in [0.05, 0.1) is 8.07 Å². The van der Waals surface area contributed by atoms with Crippen molar-refractivity contribution in [3.05, 3.63) is 47.6 Å². The smallest absolute Gasteiger partial charge is 0.0702 e. The van der Waals surface area contributed by atoms with Gasteiger partial charge in [0.2, 0.25) is 0 Å². The van der Waals surface area contributed by atoms with E-state index in [4.69, 9.17) is 0 Å². The Balaban J connectivity index is 2.27. The van der Waals surface area contributed by atoms with Crippen LogP contribution < -0.4 is 0 Å². The monoisotopic (exact) mass is 216 g/mol. The Hall–Kier alpha value is -0.823. The Morgan fingerprint density at radius 3 is 2.13 bits per heavy atom. The van der Waals surface area contributed by atoms with E-state index in [1.807, 2.05) is 0 Å². The Morgan fingerprint density at radius 2 is 1.67 bits per heavy atom. The Bertz CT molecular complexity index is 368. The van der Waals surface area contributed by atoms with E-state index in [1.54, 1.807) is 5.57 Å². The highest BCUT2D eigenvalue weighted by Gasteiger charge is 2.38. The first-order chi connectivity index (χ1) is 7.01. The fourth-order valence-electron chi connectivity index (χ4n) is 2.83. The SMILES string of the molecule is CC1=CC([Si](C)(C)C2C=CC=C2)C(C)=C1. The highest BCUT2D eigenvalue weighted by atomic mass is 28.3. The van der Waals surface area contributed by atoms with Gasteiger partial charge < -0.3 is 0 Å². The fourth-order valence-corrected chi connectivity index (χ4v) is 6.41. The van der Waals surface area contributed by atoms with Crippen LogP contribution in [0, 0.1) is 0 Å². The van der Waals surface area contributed by atoms with Gasteiger partial charge in [-0.1, -0.05) is 60.7 Å². The van der Waals surface area contributed by atoms with Gasteiger partial charge in [-0.05, 0) is 24.9 Å². The zero-order valence-corrected chi connectivity index (χ0v) is 11.1. The van der Waals surface area contributed by atoms with Gasteiger partial charge in [0.1, 0.15) is 0 Å². The van der Waals surface area contributed by atoms with Crippen LogP contribution in [0.25, 0.3) is 0 Å². The van der Waals surface area contributed by atoms with Crippen LogP contribution in [0.4, 0.5) is 0 Å². The summed E-state index contributed by atoms with van der Waals surface area (Å²) in [7, 11) is -1.26. The zero-order valence-electron chi connectivity index (χ0n) is 10.1. The standard InChI is InChI=1S/C14H20Si/c1-11-9-12(2)14(10-11)15(3,4)13-7-5-6-8-13/h5-10,13-14H,1-4H3. The molecular formula is C14H20Si. The summed E-state index contributed by atoms with van der Waals surface area (Å²) < 4.78 is 0. The molecule has 1 unspecified atom stereocenters. The third kappa shape index (κ3) is 1.81. The molecule has 0 nitrogen and oxygen atoms in total. The molecule has 1 atom stereocenters. The van der Waals surface area contributed by atoms with Crippen molar-refractivity contribution in [2.75, 3.05) is 0 Å². The maximum Gasteiger partial charge on any atom is 0.0702 e. The second-order valence-electron chi connectivity index (χ2n) is 5.39. The maximum atomic E-state index is 2.51. The van der Waals surface area contributed by atoms with Crippen molar-refractivity contribution < 1.29 is 0 Å². The second kappa shape index (κ2) is 3.64. The van der Waals surface area contributed by atoms with Gasteiger partial charge in [0, 0.05) is 0 Å². The van der Waals surface area contributed by atoms with Crippen LogP contribution in [-0.4, -0.2) is 8.07 Å². The van der Waals surface area contributed by atoms with E-state index in [-0.39, 0.29) is 0 Å². The molecule has 0 aromatic carbocycles. The van der Waals surface area contributed by atoms with Gasteiger partial charge in [-0.3, -0.25) is 0 Å². The van der Waals surface area contributed by atoms with Crippen LogP contribution in [-0.2, 0) is 0 Å². The van der Waals surface area contributed by atoms with Crippen LogP contribution in [0.3, 0.4) is 0 Å². The van der Waals surface area contributed by atoms with Gasteiger partial charge in [-0.2, -0.15) is 0 Å². The third-order valence-electron chi connectivity index (χ3n) is 3.78. The number of allylic oxidation sites excluding steroid dienone is 8. The molecule has 0 aromatic heterocycles. The van der Waals surface area contributed by atoms with Crippen molar-refractivity contribution in [1.82, 2.24) is 0 Å². The van der Waals surface area contributed by atoms with Gasteiger partial charge in [0.25, 0.3) is 0 Å². The molecule has 80 valence electrons. The zero-order chi connectivity index (χ0) is 11.1. The first-order valence-corrected chi connectivity index (χ1v) is 8.89. The summed E-state index contributed by atoms with van der Waals surface area (Å²) in [6, 6.07) is 0. The molecule has 0 spiro atoms. The van der Waals surface area contributed by atoms with E-state index in [0.29, 0.717) is 5.54 Å². The summed E-state index contributed by atoms with van der Waals surface area (Å²) in [6.45, 7) is 9.52. The Labute approximate surface area is 94.1 Å². The number of hydrogen-bond acceptors (Lipinski definition) is 0. The first-order valence-electron chi connectivity index (χ1n) is 5.73. The lowest BCUT2D eigenvalue weighted by Crippen LogP contribution is -2.35. The molecule has 0 aromatic rings. The number of rotatable bonds is 2. The van der Waals surface area contributed by atoms with Crippen molar-refractivity contribution >= 4 is 8.07 Å². The van der Waals surface area contributed by atoms with E-state index in [9.17, 15) is 0 Å². The Kier molecular flexibility index (Phi) is 2.59. The largest absolute Gasteiger partial charge is 0.0803 e. The lowest BCUT2D eigenvalue weighted by molar-refractivity contribution is 1.10. The topological polar surface area (TPSA) is 0 Å². The highest BCUT2D eigenvalue weighted by molar-refractivity contribution is 6.82. The van der Waals surface area contributed by atoms with E-state index in [1.165, 1.54) is 5.57 Å². The molecule has 2 rings (SSSR count). The maximum absolute atomic E-state index is 2.51. The van der Waals surface area contributed by atoms with Crippen LogP contribution in [0.5, 0.6) is 0 Å². The van der Waals surface area contributed by atoms with Crippen molar-refractivity contribution in [3.8, 4) is 0 Å². The number of hydrogen-bond donors (Lipinski definition) is 0. The highest BCUT2D eigenvalue weighted by Crippen LogP contribution is 2.44. The van der Waals surface area contributed by atoms with E-state index >= 15 is 0 Å². The molecular weight excluding hydrogens is 196 g/mol. The summed E-state index contributed by atoms with van der Waals surface area (Å²) in [5, 5.41) is 0. The minimum absolute atomic E-state index is 0.716. The minimum Gasteiger partial charge on any atom is -0.0803 e. The third-order valence-corrected chi connectivity index (χ3v) is 8.11. The van der Waals surface area contributed by atoms with E-state index in [2.05, 4.69) is 63.4 Å². The van der Waals surface area contributed by atoms with Gasteiger partial charge in [-0.15, -0.1) is 0 Å². The van der Waals surface area contributed by atoms with Gasteiger partial charge >= 0.3 is 0 Å². The van der Waals surface area contributed by atoms with Crippen molar-refractivity contribution in [2.45, 2.75) is 38.0 Å². The normalized spacial score (nSPS) is 26.0. The predicted octanol–water partition coefficient (Wildman–Crippen LogP) is 4.47. The summed E-state index contributed by atoms with van der Waals surface area (Å²) in [6.07, 6.45) is 14.0. The molecule has 0 radical (unpaired) electrons. The molecule has 0 saturated heterocycles. The van der Waals surface area contributed by atoms with Crippen LogP contribution >= 0.6 is 0 Å². The van der Waals surface area contributed by atoms with Crippen LogP contribution in [0.1, 0.15) is 13.8 Å². The molecule has 2 aliphatic carbocycles. The molecule has 15 heavy (non-hydrogen) atoms. The second-order valence-corrected chi connectivity index (χ2v) is 10.3. The van der Waals surface area contributed by atoms with Crippen LogP contribution in [0.2, 0.25) is 24.2 Å². The van der Waals surface area contributed by atoms with Crippen molar-refractivity contribution in [3.63, 3.8) is 0 Å². The summed E-state index contributed by atoms with van der Waals surface area (Å²) in [5.41, 5.74) is 4.46. The van der Waals surface area contributed by atoms with Gasteiger partial charge in [-0.25, -0.2) is 0 Å². The lowest BCUT2D eigenvalue weighted by atomic mass is 10.3. The molecule has 0 heterocycles. The van der Waals surface area contributed by atoms with Gasteiger partial charge in [0.15, 0.2) is 0 Å². The van der Waals surface area contributed by atoms with Crippen molar-refractivity contribution in [2.24, 2.45) is 0 Å². The molecule has 0 N–H and O–H groups in total. The molecule has 0 saturated carbocycles. The molecule has 1 heteroatoms. The van der Waals surface area contributed by atoms with Crippen LogP contribution in [0.15, 0.2) is 47.6 Å². The predicted molar refractivity (Wildman–Crippen MR) is 70.8 cm³/mol. The van der Waals surface area contributed by atoms with Crippen molar-refractivity contribution in [1.29, 1.82) is 0 Å². The lowest BCUT2D eigenvalue weighted by Gasteiger charge is -2.33. The molecule has 0 fully saturated rings. The average molecular weight is 216 g/mol. The summed E-state index contributed by atoms with van der Waals surface area (Å²) >= 11 is 0.